The normalized spacial score (nSPS) is 14.4. The van der Waals surface area contributed by atoms with Gasteiger partial charge in [0.2, 0.25) is 0 Å². The molecule has 0 unspecified atom stereocenters. The van der Waals surface area contributed by atoms with Gasteiger partial charge in [0.1, 0.15) is 0 Å². The molecule has 2 aromatic rings. The van der Waals surface area contributed by atoms with E-state index in [0.29, 0.717) is 32.7 Å². The molecule has 1 heterocycles. The molecule has 0 saturated carbocycles. The topological polar surface area (TPSA) is 106 Å². The van der Waals surface area contributed by atoms with Gasteiger partial charge in [-0.25, -0.2) is 4.79 Å². The van der Waals surface area contributed by atoms with E-state index in [0.717, 1.165) is 16.7 Å². The number of esters is 1. The fourth-order valence-electron chi connectivity index (χ4n) is 3.02. The van der Waals surface area contributed by atoms with Crippen LogP contribution in [0.5, 0.6) is 11.5 Å². The van der Waals surface area contributed by atoms with Gasteiger partial charge >= 0.3 is 5.97 Å². The average molecular weight is 531 g/mol. The summed E-state index contributed by atoms with van der Waals surface area (Å²) in [6.07, 6.45) is 1.57. The molecular weight excluding hydrogens is 512 g/mol. The van der Waals surface area contributed by atoms with Crippen LogP contribution in [0.1, 0.15) is 23.6 Å². The highest BCUT2D eigenvalue weighted by molar-refractivity contribution is 9.10. The second-order valence-electron chi connectivity index (χ2n) is 6.66. The third-order valence-corrected chi connectivity index (χ3v) is 6.03. The number of nitrogens with zero attached hydrogens (tertiary/aromatic N) is 2. The molecular formula is C23H19BrN2O6S. The molecule has 0 aromatic heterocycles. The number of amides is 2. The quantitative estimate of drug-likeness (QED) is 0.362. The van der Waals surface area contributed by atoms with Crippen LogP contribution >= 0.6 is 27.7 Å². The minimum atomic E-state index is -0.512. The molecule has 1 aliphatic heterocycles. The lowest BCUT2D eigenvalue weighted by molar-refractivity contribution is -0.145. The maximum atomic E-state index is 12.9. The fourth-order valence-corrected chi connectivity index (χ4v) is 4.43. The van der Waals surface area contributed by atoms with Crippen LogP contribution in [0, 0.1) is 11.3 Å². The van der Waals surface area contributed by atoms with Crippen LogP contribution in [0.2, 0.25) is 0 Å². The number of thioether (sulfide) groups is 1. The van der Waals surface area contributed by atoms with Gasteiger partial charge in [-0.1, -0.05) is 18.2 Å². The van der Waals surface area contributed by atoms with Crippen LogP contribution in [0.15, 0.2) is 45.8 Å². The van der Waals surface area contributed by atoms with E-state index in [4.69, 9.17) is 14.2 Å². The monoisotopic (exact) mass is 530 g/mol. The first-order valence-corrected chi connectivity index (χ1v) is 11.4. The van der Waals surface area contributed by atoms with Crippen LogP contribution < -0.4 is 9.47 Å². The second-order valence-corrected chi connectivity index (χ2v) is 8.51. The molecule has 2 amide bonds. The van der Waals surface area contributed by atoms with Gasteiger partial charge in [-0.15, -0.1) is 0 Å². The van der Waals surface area contributed by atoms with Crippen LogP contribution in [0.3, 0.4) is 0 Å². The van der Waals surface area contributed by atoms with Crippen molar-refractivity contribution in [2.24, 2.45) is 0 Å². The van der Waals surface area contributed by atoms with Crippen LogP contribution in [-0.4, -0.2) is 42.3 Å². The Morgan fingerprint density at radius 3 is 2.73 bits per heavy atom. The maximum Gasteiger partial charge on any atom is 0.344 e. The van der Waals surface area contributed by atoms with Gasteiger partial charge in [-0.3, -0.25) is 14.5 Å². The number of ether oxygens (including phenoxy) is 3. The standard InChI is InChI=1S/C23H19BrN2O6S/c1-3-31-20(27)13-32-21-17(24)8-14(9-18(21)30-2)10-19-22(28)26(23(29)33-19)12-16-7-5-4-6-15(16)11-25/h4-10H,3,12-13H2,1-2H3/b19-10-. The first-order chi connectivity index (χ1) is 15.9. The lowest BCUT2D eigenvalue weighted by Gasteiger charge is -2.14. The molecule has 0 spiro atoms. The van der Waals surface area contributed by atoms with Gasteiger partial charge in [0, 0.05) is 0 Å². The van der Waals surface area contributed by atoms with Crippen molar-refractivity contribution in [1.29, 1.82) is 5.26 Å². The van der Waals surface area contributed by atoms with Crippen LogP contribution in [0.25, 0.3) is 6.08 Å². The molecule has 33 heavy (non-hydrogen) atoms. The lowest BCUT2D eigenvalue weighted by atomic mass is 10.1. The molecule has 0 N–H and O–H groups in total. The molecule has 10 heteroatoms. The fraction of sp³-hybridized carbons (Fsp3) is 0.217. The number of imide groups is 1. The second kappa shape index (κ2) is 11.0. The van der Waals surface area contributed by atoms with E-state index in [2.05, 4.69) is 22.0 Å². The Hall–Kier alpha value is -3.29. The number of carbonyl (C=O) groups is 3. The van der Waals surface area contributed by atoms with E-state index in [-0.39, 0.29) is 24.7 Å². The number of nitriles is 1. The Balaban J connectivity index is 1.82. The smallest absolute Gasteiger partial charge is 0.344 e. The van der Waals surface area contributed by atoms with E-state index in [1.807, 2.05) is 0 Å². The van der Waals surface area contributed by atoms with Crippen LogP contribution in [-0.2, 0) is 20.9 Å². The number of hydrogen-bond acceptors (Lipinski definition) is 8. The van der Waals surface area contributed by atoms with Crippen molar-refractivity contribution in [2.45, 2.75) is 13.5 Å². The van der Waals surface area contributed by atoms with Crippen molar-refractivity contribution in [3.05, 3.63) is 62.5 Å². The largest absolute Gasteiger partial charge is 0.493 e. The van der Waals surface area contributed by atoms with E-state index < -0.39 is 17.1 Å². The summed E-state index contributed by atoms with van der Waals surface area (Å²) in [5, 5.41) is 8.84. The zero-order valence-corrected chi connectivity index (χ0v) is 20.2. The summed E-state index contributed by atoms with van der Waals surface area (Å²) in [6.45, 7) is 1.67. The Morgan fingerprint density at radius 2 is 2.03 bits per heavy atom. The number of rotatable bonds is 8. The summed E-state index contributed by atoms with van der Waals surface area (Å²) in [5.41, 5.74) is 1.59. The van der Waals surface area contributed by atoms with Gasteiger partial charge in [0.05, 0.1) is 41.3 Å². The molecule has 2 aromatic carbocycles. The Labute approximate surface area is 203 Å². The molecule has 8 nitrogen and oxygen atoms in total. The third kappa shape index (κ3) is 5.74. The molecule has 0 aliphatic carbocycles. The molecule has 1 aliphatic rings. The Kier molecular flexibility index (Phi) is 8.14. The van der Waals surface area contributed by atoms with E-state index in [1.54, 1.807) is 49.4 Å². The highest BCUT2D eigenvalue weighted by Crippen LogP contribution is 2.39. The minimum Gasteiger partial charge on any atom is -0.493 e. The predicted octanol–water partition coefficient (Wildman–Crippen LogP) is 4.51. The molecule has 0 atom stereocenters. The van der Waals surface area contributed by atoms with Crippen molar-refractivity contribution in [3.8, 4) is 17.6 Å². The minimum absolute atomic E-state index is 0.0133. The zero-order valence-electron chi connectivity index (χ0n) is 17.8. The number of hydrogen-bond donors (Lipinski definition) is 0. The van der Waals surface area contributed by atoms with Gasteiger partial charge in [0.25, 0.3) is 11.1 Å². The van der Waals surface area contributed by atoms with Gasteiger partial charge in [-0.2, -0.15) is 5.26 Å². The van der Waals surface area contributed by atoms with Gasteiger partial charge in [0.15, 0.2) is 18.1 Å². The first kappa shape index (κ1) is 24.4. The van der Waals surface area contributed by atoms with E-state index in [9.17, 15) is 19.6 Å². The summed E-state index contributed by atoms with van der Waals surface area (Å²) in [4.78, 5) is 38.3. The summed E-state index contributed by atoms with van der Waals surface area (Å²) in [6, 6.07) is 12.2. The lowest BCUT2D eigenvalue weighted by Crippen LogP contribution is -2.27. The number of benzene rings is 2. The molecule has 1 saturated heterocycles. The van der Waals surface area contributed by atoms with Crippen molar-refractivity contribution < 1.29 is 28.6 Å². The summed E-state index contributed by atoms with van der Waals surface area (Å²) in [7, 11) is 1.45. The van der Waals surface area contributed by atoms with E-state index in [1.165, 1.54) is 7.11 Å². The van der Waals surface area contributed by atoms with Crippen LogP contribution in [0.4, 0.5) is 4.79 Å². The number of halogens is 1. The van der Waals surface area contributed by atoms with Crippen molar-refractivity contribution in [1.82, 2.24) is 4.90 Å². The number of carbonyl (C=O) groups excluding carboxylic acids is 3. The molecule has 1 fully saturated rings. The van der Waals surface area contributed by atoms with Crippen molar-refractivity contribution in [3.63, 3.8) is 0 Å². The Morgan fingerprint density at radius 1 is 1.27 bits per heavy atom. The molecule has 170 valence electrons. The predicted molar refractivity (Wildman–Crippen MR) is 125 cm³/mol. The zero-order chi connectivity index (χ0) is 24.0. The molecule has 0 bridgehead atoms. The number of methoxy groups -OCH3 is 1. The summed E-state index contributed by atoms with van der Waals surface area (Å²) < 4.78 is 16.2. The highest BCUT2D eigenvalue weighted by atomic mass is 79.9. The third-order valence-electron chi connectivity index (χ3n) is 4.53. The average Bonchev–Trinajstić information content (AvgIpc) is 3.05. The van der Waals surface area contributed by atoms with Gasteiger partial charge < -0.3 is 14.2 Å². The Bertz CT molecular complexity index is 1170. The SMILES string of the molecule is CCOC(=O)COc1c(Br)cc(/C=C2\SC(=O)N(Cc3ccccc3C#N)C2=O)cc1OC. The first-order valence-electron chi connectivity index (χ1n) is 9.77. The summed E-state index contributed by atoms with van der Waals surface area (Å²) >= 11 is 4.21. The van der Waals surface area contributed by atoms with Crippen molar-refractivity contribution in [2.75, 3.05) is 20.3 Å². The highest BCUT2D eigenvalue weighted by Gasteiger charge is 2.35. The molecule has 0 radical (unpaired) electrons. The van der Waals surface area contributed by atoms with E-state index >= 15 is 0 Å². The molecule has 3 rings (SSSR count). The summed E-state index contributed by atoms with van der Waals surface area (Å²) in [5.74, 6) is -0.316. The van der Waals surface area contributed by atoms with Crippen molar-refractivity contribution >= 4 is 50.9 Å². The maximum absolute atomic E-state index is 12.9. The van der Waals surface area contributed by atoms with Gasteiger partial charge in [-0.05, 0) is 70.0 Å².